The van der Waals surface area contributed by atoms with Gasteiger partial charge in [-0.25, -0.2) is 0 Å². The second kappa shape index (κ2) is 3.57. The molecule has 0 spiro atoms. The van der Waals surface area contributed by atoms with Gasteiger partial charge in [0, 0.05) is 6.54 Å². The number of rotatable bonds is 1. The highest BCUT2D eigenvalue weighted by atomic mass is 16.6. The van der Waals surface area contributed by atoms with Crippen LogP contribution in [0.4, 0.5) is 0 Å². The second-order valence-corrected chi connectivity index (χ2v) is 4.41. The van der Waals surface area contributed by atoms with E-state index in [0.717, 1.165) is 0 Å². The molecule has 0 aliphatic carbocycles. The zero-order chi connectivity index (χ0) is 10.9. The molecule has 5 heteroatoms. The van der Waals surface area contributed by atoms with Gasteiger partial charge in [0.05, 0.1) is 12.0 Å². The van der Waals surface area contributed by atoms with Crippen LogP contribution in [0.25, 0.3) is 0 Å². The molecule has 0 saturated carbocycles. The fourth-order valence-electron chi connectivity index (χ4n) is 1.25. The Morgan fingerprint density at radius 3 is 2.50 bits per heavy atom. The number of nitrogens with two attached hydrogens (primary N) is 1. The minimum Gasteiger partial charge on any atom is -0.460 e. The van der Waals surface area contributed by atoms with E-state index in [0.29, 0.717) is 0 Å². The molecule has 0 aromatic rings. The van der Waals surface area contributed by atoms with E-state index in [1.54, 1.807) is 20.8 Å². The van der Waals surface area contributed by atoms with Crippen molar-refractivity contribution in [1.29, 1.82) is 0 Å². The summed E-state index contributed by atoms with van der Waals surface area (Å²) >= 11 is 0. The smallest absolute Gasteiger partial charge is 0.313 e. The normalized spacial score (nSPS) is 27.3. The third-order valence-electron chi connectivity index (χ3n) is 1.94. The lowest BCUT2D eigenvalue weighted by molar-refractivity contribution is -0.160. The van der Waals surface area contributed by atoms with Crippen molar-refractivity contribution in [1.82, 2.24) is 5.32 Å². The van der Waals surface area contributed by atoms with Crippen LogP contribution in [0.2, 0.25) is 0 Å². The molecule has 0 aromatic heterocycles. The van der Waals surface area contributed by atoms with Crippen molar-refractivity contribution in [2.24, 2.45) is 11.7 Å². The van der Waals surface area contributed by atoms with Gasteiger partial charge < -0.3 is 15.8 Å². The molecule has 2 atom stereocenters. The summed E-state index contributed by atoms with van der Waals surface area (Å²) in [5, 5.41) is 2.52. The Morgan fingerprint density at radius 2 is 2.14 bits per heavy atom. The number of carbonyl (C=O) groups is 2. The Hall–Kier alpha value is -1.10. The molecule has 1 heterocycles. The summed E-state index contributed by atoms with van der Waals surface area (Å²) in [6.07, 6.45) is 0. The first-order valence-corrected chi connectivity index (χ1v) is 4.57. The van der Waals surface area contributed by atoms with E-state index in [4.69, 9.17) is 10.5 Å². The summed E-state index contributed by atoms with van der Waals surface area (Å²) in [6, 6.07) is -0.773. The highest BCUT2D eigenvalue weighted by Crippen LogP contribution is 2.15. The monoisotopic (exact) mass is 200 g/mol. The summed E-state index contributed by atoms with van der Waals surface area (Å²) in [6.45, 7) is 5.61. The van der Waals surface area contributed by atoms with Crippen molar-refractivity contribution in [3.05, 3.63) is 0 Å². The summed E-state index contributed by atoms with van der Waals surface area (Å²) < 4.78 is 5.13. The summed E-state index contributed by atoms with van der Waals surface area (Å²) in [5.74, 6) is -1.26. The van der Waals surface area contributed by atoms with Gasteiger partial charge in [-0.05, 0) is 20.8 Å². The first kappa shape index (κ1) is 11.0. The molecule has 14 heavy (non-hydrogen) atoms. The Morgan fingerprint density at radius 1 is 1.57 bits per heavy atom. The average Bonchev–Trinajstić information content (AvgIpc) is 2.29. The first-order chi connectivity index (χ1) is 6.31. The van der Waals surface area contributed by atoms with Crippen molar-refractivity contribution < 1.29 is 14.3 Å². The molecule has 0 radical (unpaired) electrons. The first-order valence-electron chi connectivity index (χ1n) is 4.57. The van der Waals surface area contributed by atoms with Crippen LogP contribution in [0.1, 0.15) is 20.8 Å². The molecule has 5 nitrogen and oxygen atoms in total. The van der Waals surface area contributed by atoms with Crippen LogP contribution >= 0.6 is 0 Å². The number of hydrogen-bond acceptors (Lipinski definition) is 4. The highest BCUT2D eigenvalue weighted by molar-refractivity contribution is 5.91. The van der Waals surface area contributed by atoms with Gasteiger partial charge in [0.25, 0.3) is 0 Å². The molecule has 80 valence electrons. The number of amides is 1. The molecule has 1 fully saturated rings. The third-order valence-corrected chi connectivity index (χ3v) is 1.94. The number of carbonyl (C=O) groups excluding carboxylic acids is 2. The maximum Gasteiger partial charge on any atom is 0.313 e. The fourth-order valence-corrected chi connectivity index (χ4v) is 1.25. The van der Waals surface area contributed by atoms with Crippen LogP contribution in [0, 0.1) is 5.92 Å². The molecule has 1 aliphatic rings. The van der Waals surface area contributed by atoms with Crippen LogP contribution < -0.4 is 11.1 Å². The molecule has 1 amide bonds. The quantitative estimate of drug-likeness (QED) is 0.554. The van der Waals surface area contributed by atoms with E-state index < -0.39 is 23.5 Å². The maximum atomic E-state index is 11.5. The van der Waals surface area contributed by atoms with Gasteiger partial charge in [-0.1, -0.05) is 0 Å². The van der Waals surface area contributed by atoms with Crippen LogP contribution in [-0.4, -0.2) is 30.1 Å². The van der Waals surface area contributed by atoms with Gasteiger partial charge in [0.15, 0.2) is 0 Å². The van der Waals surface area contributed by atoms with Gasteiger partial charge in [-0.3, -0.25) is 9.59 Å². The zero-order valence-electron chi connectivity index (χ0n) is 8.66. The molecule has 0 unspecified atom stereocenters. The number of esters is 1. The second-order valence-electron chi connectivity index (χ2n) is 4.41. The van der Waals surface area contributed by atoms with E-state index in [1.807, 2.05) is 0 Å². The van der Waals surface area contributed by atoms with E-state index >= 15 is 0 Å². The molecule has 1 rings (SSSR count). The molecule has 3 N–H and O–H groups in total. The standard InChI is InChI=1S/C9H16N2O3/c1-9(2,3)14-8(13)5-4-11-7(12)6(5)10/h5-6H,4,10H2,1-3H3,(H,11,12)/t5-,6+/m1/s1. The van der Waals surface area contributed by atoms with Crippen molar-refractivity contribution in [3.8, 4) is 0 Å². The van der Waals surface area contributed by atoms with Crippen LogP contribution in [0.15, 0.2) is 0 Å². The summed E-state index contributed by atoms with van der Waals surface area (Å²) in [7, 11) is 0. The Balaban J connectivity index is 2.58. The van der Waals surface area contributed by atoms with Gasteiger partial charge >= 0.3 is 5.97 Å². The van der Waals surface area contributed by atoms with Crippen LogP contribution in [0.3, 0.4) is 0 Å². The third kappa shape index (κ3) is 2.45. The lowest BCUT2D eigenvalue weighted by atomic mass is 10.0. The van der Waals surface area contributed by atoms with E-state index in [-0.39, 0.29) is 12.5 Å². The predicted molar refractivity (Wildman–Crippen MR) is 50.3 cm³/mol. The topological polar surface area (TPSA) is 81.4 Å². The lowest BCUT2D eigenvalue weighted by Gasteiger charge is -2.22. The van der Waals surface area contributed by atoms with Gasteiger partial charge in [-0.15, -0.1) is 0 Å². The van der Waals surface area contributed by atoms with Crippen LogP contribution in [-0.2, 0) is 14.3 Å². The minimum absolute atomic E-state index is 0.273. The average molecular weight is 200 g/mol. The Labute approximate surface area is 83.0 Å². The zero-order valence-corrected chi connectivity index (χ0v) is 8.66. The SMILES string of the molecule is CC(C)(C)OC(=O)[C@@H]1CNC(=O)[C@H]1N. The number of ether oxygens (including phenoxy) is 1. The van der Waals surface area contributed by atoms with Crippen molar-refractivity contribution in [3.63, 3.8) is 0 Å². The summed E-state index contributed by atoms with van der Waals surface area (Å²) in [5.41, 5.74) is 4.99. The molecule has 0 aromatic carbocycles. The van der Waals surface area contributed by atoms with Crippen molar-refractivity contribution in [2.75, 3.05) is 6.54 Å². The molecule has 1 aliphatic heterocycles. The fraction of sp³-hybridized carbons (Fsp3) is 0.778. The largest absolute Gasteiger partial charge is 0.460 e. The molecule has 0 bridgehead atoms. The van der Waals surface area contributed by atoms with Crippen molar-refractivity contribution in [2.45, 2.75) is 32.4 Å². The van der Waals surface area contributed by atoms with E-state index in [1.165, 1.54) is 0 Å². The predicted octanol–water partition coefficient (Wildman–Crippen LogP) is -0.599. The molecule has 1 saturated heterocycles. The Kier molecular flexibility index (Phi) is 2.80. The highest BCUT2D eigenvalue weighted by Gasteiger charge is 2.39. The minimum atomic E-state index is -0.773. The van der Waals surface area contributed by atoms with E-state index in [9.17, 15) is 9.59 Å². The molecular weight excluding hydrogens is 184 g/mol. The van der Waals surface area contributed by atoms with Crippen LogP contribution in [0.5, 0.6) is 0 Å². The summed E-state index contributed by atoms with van der Waals surface area (Å²) in [4.78, 5) is 22.5. The van der Waals surface area contributed by atoms with Gasteiger partial charge in [0.1, 0.15) is 5.60 Å². The number of hydrogen-bond donors (Lipinski definition) is 2. The number of nitrogens with one attached hydrogen (secondary N) is 1. The lowest BCUT2D eigenvalue weighted by Crippen LogP contribution is -2.40. The molecular formula is C9H16N2O3. The Bertz CT molecular complexity index is 257. The maximum absolute atomic E-state index is 11.5. The van der Waals surface area contributed by atoms with E-state index in [2.05, 4.69) is 5.32 Å². The van der Waals surface area contributed by atoms with Gasteiger partial charge in [0.2, 0.25) is 5.91 Å². The van der Waals surface area contributed by atoms with Crippen molar-refractivity contribution >= 4 is 11.9 Å². The van der Waals surface area contributed by atoms with Gasteiger partial charge in [-0.2, -0.15) is 0 Å².